The van der Waals surface area contributed by atoms with E-state index in [2.05, 4.69) is 15.6 Å². The number of ketones is 1. The van der Waals surface area contributed by atoms with Crippen molar-refractivity contribution in [3.8, 4) is 0 Å². The summed E-state index contributed by atoms with van der Waals surface area (Å²) in [6.07, 6.45) is 7.27. The summed E-state index contributed by atoms with van der Waals surface area (Å²) in [4.78, 5) is 53.7. The van der Waals surface area contributed by atoms with E-state index in [1.165, 1.54) is 19.1 Å². The number of aliphatic hydroxyl groups is 1. The molecule has 1 aliphatic heterocycles. The smallest absolute Gasteiger partial charge is 0.328 e. The van der Waals surface area contributed by atoms with Crippen molar-refractivity contribution in [1.29, 1.82) is 0 Å². The highest BCUT2D eigenvalue weighted by atomic mass is 16.5. The van der Waals surface area contributed by atoms with Gasteiger partial charge >= 0.3 is 5.97 Å². The summed E-state index contributed by atoms with van der Waals surface area (Å²) in [7, 11) is 0. The van der Waals surface area contributed by atoms with Crippen LogP contribution in [0.4, 0.5) is 0 Å². The largest absolute Gasteiger partial charge is 0.460 e. The van der Waals surface area contributed by atoms with Gasteiger partial charge in [0.15, 0.2) is 5.69 Å². The van der Waals surface area contributed by atoms with Crippen molar-refractivity contribution in [1.82, 2.24) is 15.6 Å². The minimum atomic E-state index is -1.01. The molecule has 1 aromatic rings. The molecule has 0 aliphatic carbocycles. The van der Waals surface area contributed by atoms with E-state index in [1.807, 2.05) is 20.8 Å². The van der Waals surface area contributed by atoms with Crippen LogP contribution in [0.5, 0.6) is 0 Å². The molecule has 196 valence electrons. The Morgan fingerprint density at radius 3 is 2.56 bits per heavy atom. The molecular formula is C26H35N3O7. The minimum absolute atomic E-state index is 0.0304. The topological polar surface area (TPSA) is 148 Å². The van der Waals surface area contributed by atoms with E-state index in [4.69, 9.17) is 9.15 Å². The van der Waals surface area contributed by atoms with Crippen molar-refractivity contribution >= 4 is 23.6 Å². The number of Topliss-reactive ketones (excluding diaryl/α,β-unsaturated/α-hetero) is 1. The number of aliphatic hydroxyl groups excluding tert-OH is 1. The Bertz CT molecular complexity index is 1040. The Balaban J connectivity index is 2.25. The predicted octanol–water partition coefficient (Wildman–Crippen LogP) is 2.05. The van der Waals surface area contributed by atoms with Gasteiger partial charge in [-0.15, -0.1) is 0 Å². The average molecular weight is 502 g/mol. The molecule has 2 amide bonds. The molecule has 4 atom stereocenters. The van der Waals surface area contributed by atoms with Gasteiger partial charge in [0.05, 0.1) is 12.5 Å². The van der Waals surface area contributed by atoms with Gasteiger partial charge in [-0.05, 0) is 25.8 Å². The van der Waals surface area contributed by atoms with Crippen molar-refractivity contribution in [3.63, 3.8) is 0 Å². The highest BCUT2D eigenvalue weighted by molar-refractivity contribution is 5.95. The molecule has 0 radical (unpaired) electrons. The predicted molar refractivity (Wildman–Crippen MR) is 132 cm³/mol. The van der Waals surface area contributed by atoms with E-state index in [0.29, 0.717) is 0 Å². The molecule has 0 spiro atoms. The third-order valence-corrected chi connectivity index (χ3v) is 5.48. The SMILES string of the molecule is CC1=C\C(O)CC(=O)Cc2nc(co2)C(=O)NC(C)C(=O)OC(C(C)C)C(C)/C=C/C(=O)NC/C=C\1. The molecule has 1 aliphatic rings. The van der Waals surface area contributed by atoms with E-state index >= 15 is 0 Å². The maximum atomic E-state index is 12.7. The van der Waals surface area contributed by atoms with E-state index in [1.54, 1.807) is 25.2 Å². The molecule has 36 heavy (non-hydrogen) atoms. The quantitative estimate of drug-likeness (QED) is 0.495. The Morgan fingerprint density at radius 1 is 1.14 bits per heavy atom. The van der Waals surface area contributed by atoms with Crippen LogP contribution in [0.25, 0.3) is 0 Å². The number of carbonyl (C=O) groups excluding carboxylic acids is 4. The number of nitrogens with zero attached hydrogens (tertiary/aromatic N) is 1. The molecule has 0 aromatic carbocycles. The van der Waals surface area contributed by atoms with Crippen LogP contribution in [-0.2, 0) is 25.5 Å². The lowest BCUT2D eigenvalue weighted by atomic mass is 9.94. The lowest BCUT2D eigenvalue weighted by Crippen LogP contribution is -2.42. The zero-order valence-electron chi connectivity index (χ0n) is 21.3. The maximum Gasteiger partial charge on any atom is 0.328 e. The first kappa shape index (κ1) is 28.7. The molecule has 0 fully saturated rings. The summed E-state index contributed by atoms with van der Waals surface area (Å²) in [6, 6.07) is -0.974. The van der Waals surface area contributed by atoms with Gasteiger partial charge in [0.2, 0.25) is 11.8 Å². The fraction of sp³-hybridized carbons (Fsp3) is 0.500. The normalized spacial score (nSPS) is 28.9. The second kappa shape index (κ2) is 13.5. The molecule has 4 unspecified atom stereocenters. The summed E-state index contributed by atoms with van der Waals surface area (Å²) in [5.74, 6) is -2.20. The molecule has 1 aromatic heterocycles. The van der Waals surface area contributed by atoms with Crippen LogP contribution in [0.15, 0.2) is 46.6 Å². The monoisotopic (exact) mass is 501 g/mol. The number of carbonyl (C=O) groups is 4. The van der Waals surface area contributed by atoms with E-state index in [9.17, 15) is 24.3 Å². The van der Waals surface area contributed by atoms with Crippen molar-refractivity contribution in [2.24, 2.45) is 11.8 Å². The molecule has 10 heteroatoms. The molecule has 2 bridgehead atoms. The van der Waals surface area contributed by atoms with Crippen LogP contribution in [0.3, 0.4) is 0 Å². The Kier molecular flexibility index (Phi) is 10.8. The van der Waals surface area contributed by atoms with Crippen molar-refractivity contribution in [2.45, 2.75) is 65.7 Å². The van der Waals surface area contributed by atoms with Gasteiger partial charge in [-0.2, -0.15) is 0 Å². The van der Waals surface area contributed by atoms with Crippen molar-refractivity contribution in [2.75, 3.05) is 6.54 Å². The summed E-state index contributed by atoms with van der Waals surface area (Å²) in [5, 5.41) is 15.4. The van der Waals surface area contributed by atoms with Gasteiger partial charge in [0, 0.05) is 18.9 Å². The van der Waals surface area contributed by atoms with E-state index < -0.39 is 30.1 Å². The number of esters is 1. The summed E-state index contributed by atoms with van der Waals surface area (Å²) >= 11 is 0. The van der Waals surface area contributed by atoms with Crippen LogP contribution in [0.1, 0.15) is 57.4 Å². The van der Waals surface area contributed by atoms with E-state index in [0.717, 1.165) is 11.8 Å². The number of hydrogen-bond acceptors (Lipinski definition) is 8. The summed E-state index contributed by atoms with van der Waals surface area (Å²) < 4.78 is 10.9. The highest BCUT2D eigenvalue weighted by Gasteiger charge is 2.28. The Morgan fingerprint density at radius 2 is 1.86 bits per heavy atom. The molecule has 0 saturated carbocycles. The Hall–Kier alpha value is -3.53. The molecule has 10 nitrogen and oxygen atoms in total. The van der Waals surface area contributed by atoms with Crippen LogP contribution in [-0.4, -0.2) is 58.5 Å². The Labute approximate surface area is 210 Å². The standard InChI is InChI=1S/C26H35N3O7/c1-15(2)24-17(4)8-9-22(32)27-10-6-7-16(3)11-19(30)12-20(31)13-23-29-21(14-35-23)25(33)28-18(5)26(34)36-24/h6-9,11,14-15,17-19,24,30H,10,12-13H2,1-5H3,(H,27,32)(H,28,33)/b7-6-,9-8+,16-11+. The highest BCUT2D eigenvalue weighted by Crippen LogP contribution is 2.19. The number of nitrogens with one attached hydrogen (secondary N) is 2. The first-order valence-corrected chi connectivity index (χ1v) is 11.9. The number of oxazole rings is 1. The first-order valence-electron chi connectivity index (χ1n) is 11.9. The number of amides is 2. The number of hydrogen-bond donors (Lipinski definition) is 3. The average Bonchev–Trinajstić information content (AvgIpc) is 3.25. The number of allylic oxidation sites excluding steroid dienone is 2. The second-order valence-electron chi connectivity index (χ2n) is 9.23. The second-order valence-corrected chi connectivity index (χ2v) is 9.23. The van der Waals surface area contributed by atoms with Gasteiger partial charge in [-0.1, -0.05) is 50.6 Å². The van der Waals surface area contributed by atoms with E-state index in [-0.39, 0.29) is 54.5 Å². The fourth-order valence-corrected chi connectivity index (χ4v) is 3.62. The molecule has 2 rings (SSSR count). The molecule has 2 heterocycles. The van der Waals surface area contributed by atoms with Crippen LogP contribution in [0, 0.1) is 11.8 Å². The minimum Gasteiger partial charge on any atom is -0.460 e. The van der Waals surface area contributed by atoms with Crippen LogP contribution in [0.2, 0.25) is 0 Å². The van der Waals surface area contributed by atoms with Gasteiger partial charge in [0.1, 0.15) is 24.2 Å². The summed E-state index contributed by atoms with van der Waals surface area (Å²) in [5.41, 5.74) is 0.637. The van der Waals surface area contributed by atoms with Gasteiger partial charge in [-0.25, -0.2) is 9.78 Å². The van der Waals surface area contributed by atoms with Crippen LogP contribution < -0.4 is 10.6 Å². The number of fused-ring (bicyclic) bond motifs is 2. The third-order valence-electron chi connectivity index (χ3n) is 5.48. The zero-order valence-corrected chi connectivity index (χ0v) is 21.3. The van der Waals surface area contributed by atoms with Crippen molar-refractivity contribution < 1.29 is 33.4 Å². The number of rotatable bonds is 1. The number of aromatic nitrogens is 1. The zero-order chi connectivity index (χ0) is 26.8. The lowest BCUT2D eigenvalue weighted by Gasteiger charge is -2.27. The summed E-state index contributed by atoms with van der Waals surface area (Å²) in [6.45, 7) is 9.15. The molecule has 3 N–H and O–H groups in total. The first-order chi connectivity index (χ1) is 17.0. The van der Waals surface area contributed by atoms with Crippen molar-refractivity contribution in [3.05, 3.63) is 53.8 Å². The molecule has 0 saturated heterocycles. The van der Waals surface area contributed by atoms with Gasteiger partial charge < -0.3 is 24.9 Å². The third kappa shape index (κ3) is 9.26. The fourth-order valence-electron chi connectivity index (χ4n) is 3.62. The van der Waals surface area contributed by atoms with Crippen LogP contribution >= 0.6 is 0 Å². The number of ether oxygens (including phenoxy) is 1. The molecular weight excluding hydrogens is 466 g/mol. The number of cyclic esters (lactones) is 1. The lowest BCUT2D eigenvalue weighted by molar-refractivity contribution is -0.155. The van der Waals surface area contributed by atoms with Gasteiger partial charge in [-0.3, -0.25) is 14.4 Å². The maximum absolute atomic E-state index is 12.7. The van der Waals surface area contributed by atoms with Gasteiger partial charge in [0.25, 0.3) is 5.91 Å².